The lowest BCUT2D eigenvalue weighted by molar-refractivity contribution is -0.116. The highest BCUT2D eigenvalue weighted by Crippen LogP contribution is 2.34. The van der Waals surface area contributed by atoms with Crippen molar-refractivity contribution in [2.24, 2.45) is 10.2 Å². The molecule has 0 aliphatic rings. The minimum absolute atomic E-state index is 0.110. The quantitative estimate of drug-likeness (QED) is 0.241. The monoisotopic (exact) mass is 446 g/mol. The predicted octanol–water partition coefficient (Wildman–Crippen LogP) is 7.19. The Labute approximate surface area is 189 Å². The van der Waals surface area contributed by atoms with E-state index in [1.165, 1.54) is 18.7 Å². The molecule has 0 saturated heterocycles. The Kier molecular flexibility index (Phi) is 6.60. The molecule has 4 aromatic rings. The number of hydrogen-bond donors (Lipinski definition) is 1. The van der Waals surface area contributed by atoms with E-state index in [9.17, 15) is 4.79 Å². The minimum Gasteiger partial charge on any atom is -0.332 e. The molecular formula is C24H19ClN4OS. The van der Waals surface area contributed by atoms with Gasteiger partial charge in [-0.05, 0) is 31.2 Å². The molecule has 0 saturated carbocycles. The number of nitrogens with zero attached hydrogens (tertiary/aromatic N) is 3. The zero-order valence-electron chi connectivity index (χ0n) is 16.7. The number of rotatable bonds is 7. The number of halogens is 1. The van der Waals surface area contributed by atoms with Crippen molar-refractivity contribution in [1.82, 2.24) is 9.97 Å². The van der Waals surface area contributed by atoms with Crippen molar-refractivity contribution in [2.45, 2.75) is 17.5 Å². The van der Waals surface area contributed by atoms with E-state index < -0.39 is 5.37 Å². The third kappa shape index (κ3) is 5.29. The molecule has 1 aromatic heterocycles. The molecule has 1 atom stereocenters. The highest BCUT2D eigenvalue weighted by atomic mass is 35.5. The third-order valence-electron chi connectivity index (χ3n) is 4.47. The summed E-state index contributed by atoms with van der Waals surface area (Å²) in [5.74, 6) is -0.110. The largest absolute Gasteiger partial charge is 0.332 e. The van der Waals surface area contributed by atoms with Gasteiger partial charge >= 0.3 is 0 Å². The number of hydrogen-bond acceptors (Lipinski definition) is 5. The standard InChI is InChI=1S/C24H19ClN4OS/c1-16(30)23(29-28-20-14-12-19(25)13-15-20)31-24-26-21(17-8-4-2-5-9-17)22(27-24)18-10-6-3-7-11-18/h2-15,23H,1H3,(H,26,27)/t23-/m1/s1. The summed E-state index contributed by atoms with van der Waals surface area (Å²) in [6.07, 6.45) is 0. The third-order valence-corrected chi connectivity index (χ3v) is 5.79. The van der Waals surface area contributed by atoms with Gasteiger partial charge in [0.15, 0.2) is 16.3 Å². The smallest absolute Gasteiger partial charge is 0.181 e. The second-order valence-electron chi connectivity index (χ2n) is 6.77. The van der Waals surface area contributed by atoms with Crippen molar-refractivity contribution >= 4 is 34.8 Å². The zero-order chi connectivity index (χ0) is 21.6. The molecule has 1 heterocycles. The van der Waals surface area contributed by atoms with E-state index in [-0.39, 0.29) is 5.78 Å². The van der Waals surface area contributed by atoms with Crippen LogP contribution in [0.3, 0.4) is 0 Å². The van der Waals surface area contributed by atoms with Crippen molar-refractivity contribution in [3.63, 3.8) is 0 Å². The van der Waals surface area contributed by atoms with Gasteiger partial charge in [-0.2, -0.15) is 10.2 Å². The Morgan fingerprint density at radius 1 is 0.935 bits per heavy atom. The van der Waals surface area contributed by atoms with Gasteiger partial charge in [-0.15, -0.1) is 0 Å². The number of aromatic amines is 1. The van der Waals surface area contributed by atoms with Crippen molar-refractivity contribution in [3.05, 3.63) is 90.0 Å². The van der Waals surface area contributed by atoms with Crippen LogP contribution >= 0.6 is 23.4 Å². The highest BCUT2D eigenvalue weighted by molar-refractivity contribution is 8.00. The van der Waals surface area contributed by atoms with Crippen molar-refractivity contribution in [1.29, 1.82) is 0 Å². The molecule has 5 nitrogen and oxygen atoms in total. The van der Waals surface area contributed by atoms with E-state index in [1.54, 1.807) is 24.3 Å². The number of Topliss-reactive ketones (excluding diaryl/α,β-unsaturated/α-hetero) is 1. The summed E-state index contributed by atoms with van der Waals surface area (Å²) < 4.78 is 0. The van der Waals surface area contributed by atoms with E-state index in [0.717, 1.165) is 22.5 Å². The Morgan fingerprint density at radius 2 is 1.55 bits per heavy atom. The Bertz CT molecular complexity index is 1130. The average molecular weight is 447 g/mol. The first-order chi connectivity index (χ1) is 15.1. The fourth-order valence-corrected chi connectivity index (χ4v) is 3.85. The van der Waals surface area contributed by atoms with Crippen LogP contribution in [0.1, 0.15) is 6.92 Å². The summed E-state index contributed by atoms with van der Waals surface area (Å²) in [6, 6.07) is 26.9. The van der Waals surface area contributed by atoms with Crippen LogP contribution in [0.2, 0.25) is 5.02 Å². The molecular weight excluding hydrogens is 428 g/mol. The lowest BCUT2D eigenvalue weighted by Gasteiger charge is -2.04. The highest BCUT2D eigenvalue weighted by Gasteiger charge is 2.20. The molecule has 3 aromatic carbocycles. The fraction of sp³-hybridized carbons (Fsp3) is 0.0833. The Hall–Kier alpha value is -3.22. The summed E-state index contributed by atoms with van der Waals surface area (Å²) in [7, 11) is 0. The lowest BCUT2D eigenvalue weighted by Crippen LogP contribution is -2.10. The number of imidazole rings is 1. The molecule has 4 rings (SSSR count). The van der Waals surface area contributed by atoms with Crippen molar-refractivity contribution < 1.29 is 4.79 Å². The van der Waals surface area contributed by atoms with Gasteiger partial charge in [0.25, 0.3) is 0 Å². The first-order valence-corrected chi connectivity index (χ1v) is 10.9. The van der Waals surface area contributed by atoms with Crippen LogP contribution < -0.4 is 0 Å². The van der Waals surface area contributed by atoms with Gasteiger partial charge in [-0.25, -0.2) is 4.98 Å². The van der Waals surface area contributed by atoms with Gasteiger partial charge in [-0.3, -0.25) is 4.79 Å². The number of carbonyl (C=O) groups is 1. The number of carbonyl (C=O) groups excluding carboxylic acids is 1. The summed E-state index contributed by atoms with van der Waals surface area (Å²) in [6.45, 7) is 1.50. The van der Waals surface area contributed by atoms with Crippen LogP contribution in [0.25, 0.3) is 22.5 Å². The molecule has 0 aliphatic carbocycles. The number of benzene rings is 3. The molecule has 0 fully saturated rings. The van der Waals surface area contributed by atoms with Crippen LogP contribution in [-0.4, -0.2) is 21.1 Å². The molecule has 0 bridgehead atoms. The summed E-state index contributed by atoms with van der Waals surface area (Å²) in [5, 5.41) is 8.94. The normalized spacial score (nSPS) is 12.2. The average Bonchev–Trinajstić information content (AvgIpc) is 3.23. The van der Waals surface area contributed by atoms with Crippen LogP contribution in [0.4, 0.5) is 5.69 Å². The molecule has 154 valence electrons. The van der Waals surface area contributed by atoms with Crippen LogP contribution in [0, 0.1) is 0 Å². The molecule has 0 radical (unpaired) electrons. The van der Waals surface area contributed by atoms with E-state index in [4.69, 9.17) is 16.6 Å². The van der Waals surface area contributed by atoms with Gasteiger partial charge in [0.05, 0.1) is 17.1 Å². The maximum atomic E-state index is 12.2. The van der Waals surface area contributed by atoms with Crippen LogP contribution in [0.5, 0.6) is 0 Å². The van der Waals surface area contributed by atoms with E-state index in [0.29, 0.717) is 15.9 Å². The second-order valence-corrected chi connectivity index (χ2v) is 8.28. The molecule has 1 N–H and O–H groups in total. The van der Waals surface area contributed by atoms with Crippen LogP contribution in [-0.2, 0) is 4.79 Å². The summed E-state index contributed by atoms with van der Waals surface area (Å²) in [4.78, 5) is 20.4. The Morgan fingerprint density at radius 3 is 2.16 bits per heavy atom. The van der Waals surface area contributed by atoms with E-state index in [2.05, 4.69) is 15.2 Å². The zero-order valence-corrected chi connectivity index (χ0v) is 18.3. The Balaban J connectivity index is 1.66. The lowest BCUT2D eigenvalue weighted by atomic mass is 10.1. The minimum atomic E-state index is -0.714. The predicted molar refractivity (Wildman–Crippen MR) is 126 cm³/mol. The van der Waals surface area contributed by atoms with Crippen molar-refractivity contribution in [3.8, 4) is 22.5 Å². The van der Waals surface area contributed by atoms with Gasteiger partial charge < -0.3 is 4.98 Å². The van der Waals surface area contributed by atoms with Crippen LogP contribution in [0.15, 0.2) is 100 Å². The number of thioether (sulfide) groups is 1. The number of ketones is 1. The summed E-state index contributed by atoms with van der Waals surface area (Å²) >= 11 is 7.15. The van der Waals surface area contributed by atoms with Gasteiger partial charge in [0.1, 0.15) is 0 Å². The molecule has 0 amide bonds. The number of azo groups is 1. The number of aromatic nitrogens is 2. The molecule has 0 aliphatic heterocycles. The molecule has 31 heavy (non-hydrogen) atoms. The van der Waals surface area contributed by atoms with E-state index >= 15 is 0 Å². The SMILES string of the molecule is CC(=O)[C@H](N=Nc1ccc(Cl)cc1)Sc1nc(-c2ccccc2)c(-c2ccccc2)[nH]1. The van der Waals surface area contributed by atoms with E-state index in [1.807, 2.05) is 60.7 Å². The first kappa shape index (κ1) is 21.0. The van der Waals surface area contributed by atoms with Gasteiger partial charge in [-0.1, -0.05) is 84.0 Å². The summed E-state index contributed by atoms with van der Waals surface area (Å²) in [5.41, 5.74) is 4.36. The van der Waals surface area contributed by atoms with Crippen molar-refractivity contribution in [2.75, 3.05) is 0 Å². The molecule has 7 heteroatoms. The second kappa shape index (κ2) is 9.73. The van der Waals surface area contributed by atoms with Gasteiger partial charge in [0.2, 0.25) is 0 Å². The molecule has 0 spiro atoms. The maximum Gasteiger partial charge on any atom is 0.181 e. The fourth-order valence-electron chi connectivity index (χ4n) is 2.95. The van der Waals surface area contributed by atoms with Gasteiger partial charge in [0, 0.05) is 16.1 Å². The first-order valence-electron chi connectivity index (χ1n) is 9.64. The topological polar surface area (TPSA) is 70.5 Å². The molecule has 0 unspecified atom stereocenters. The number of nitrogens with one attached hydrogen (secondary N) is 1. The maximum absolute atomic E-state index is 12.2. The number of H-pyrrole nitrogens is 1.